The summed E-state index contributed by atoms with van der Waals surface area (Å²) in [5, 5.41) is -0.601. The molecule has 0 atom stereocenters. The van der Waals surface area contributed by atoms with E-state index in [0.29, 0.717) is 10.1 Å². The summed E-state index contributed by atoms with van der Waals surface area (Å²) in [5.41, 5.74) is -3.42. The number of hydrogen-bond donors (Lipinski definition) is 0. The molecule has 0 saturated carbocycles. The molecular weight excluding hydrogens is 540 g/mol. The zero-order valence-corrected chi connectivity index (χ0v) is 20.9. The number of benzene rings is 2. The summed E-state index contributed by atoms with van der Waals surface area (Å²) >= 11 is 12.2. The van der Waals surface area contributed by atoms with Gasteiger partial charge in [-0.05, 0) is 36.2 Å². The average Bonchev–Trinajstić information content (AvgIpc) is 2.83. The molecule has 0 amide bonds. The molecule has 1 heterocycles. The van der Waals surface area contributed by atoms with E-state index in [0.717, 1.165) is 22.9 Å². The summed E-state index contributed by atoms with van der Waals surface area (Å²) in [6, 6.07) is 7.25. The molecule has 3 aromatic rings. The Morgan fingerprint density at radius 1 is 1.05 bits per heavy atom. The molecule has 0 N–H and O–H groups in total. The van der Waals surface area contributed by atoms with Crippen molar-refractivity contribution >= 4 is 35.1 Å². The van der Waals surface area contributed by atoms with Crippen molar-refractivity contribution in [1.29, 1.82) is 0 Å². The highest BCUT2D eigenvalue weighted by Crippen LogP contribution is 2.36. The van der Waals surface area contributed by atoms with Crippen molar-refractivity contribution in [3.63, 3.8) is 0 Å². The first-order valence-corrected chi connectivity index (χ1v) is 11.4. The van der Waals surface area contributed by atoms with Crippen LogP contribution in [0.1, 0.15) is 34.0 Å². The molecule has 0 saturated heterocycles. The highest BCUT2D eigenvalue weighted by Gasteiger charge is 2.34. The SMILES string of the molecule is CCOC(=O)c1cn(-c2ccc(CC(=O)OC)c(Cl)c2)c(=O)n(Cc2cccc(C(F)(F)F)c2Cl)c1=O. The van der Waals surface area contributed by atoms with Gasteiger partial charge in [-0.25, -0.2) is 9.59 Å². The maximum absolute atomic E-state index is 13.3. The van der Waals surface area contributed by atoms with Gasteiger partial charge in [0.2, 0.25) is 0 Å². The molecule has 8 nitrogen and oxygen atoms in total. The smallest absolute Gasteiger partial charge is 0.417 e. The van der Waals surface area contributed by atoms with E-state index in [1.54, 1.807) is 0 Å². The first-order chi connectivity index (χ1) is 17.4. The van der Waals surface area contributed by atoms with Crippen LogP contribution >= 0.6 is 23.2 Å². The number of halogens is 5. The molecule has 0 spiro atoms. The second-order valence-corrected chi connectivity index (χ2v) is 8.40. The van der Waals surface area contributed by atoms with Crippen LogP contribution in [-0.4, -0.2) is 34.8 Å². The minimum atomic E-state index is -4.77. The number of rotatable bonds is 7. The summed E-state index contributed by atoms with van der Waals surface area (Å²) in [5.74, 6) is -1.60. The van der Waals surface area contributed by atoms with Gasteiger partial charge in [0, 0.05) is 11.2 Å². The number of esters is 2. The molecule has 0 fully saturated rings. The maximum Gasteiger partial charge on any atom is 0.417 e. The fourth-order valence-corrected chi connectivity index (χ4v) is 3.96. The van der Waals surface area contributed by atoms with E-state index in [2.05, 4.69) is 4.74 Å². The molecule has 0 unspecified atom stereocenters. The zero-order valence-electron chi connectivity index (χ0n) is 19.4. The van der Waals surface area contributed by atoms with Crippen LogP contribution < -0.4 is 11.2 Å². The number of nitrogens with zero attached hydrogens (tertiary/aromatic N) is 2. The Hall–Kier alpha value is -3.57. The van der Waals surface area contributed by atoms with E-state index < -0.39 is 52.1 Å². The van der Waals surface area contributed by atoms with Gasteiger partial charge in [-0.15, -0.1) is 0 Å². The molecule has 0 bridgehead atoms. The average molecular weight is 559 g/mol. The lowest BCUT2D eigenvalue weighted by atomic mass is 10.1. The molecule has 0 aliphatic rings. The molecule has 2 aromatic carbocycles. The Morgan fingerprint density at radius 3 is 2.35 bits per heavy atom. The van der Waals surface area contributed by atoms with Gasteiger partial charge in [0.05, 0.1) is 43.0 Å². The standard InChI is InChI=1S/C24H19Cl2F3N2O6/c1-3-37-22(34)16-12-30(15-8-7-13(18(25)10-15)9-19(32)36-2)23(35)31(21(16)33)11-14-5-4-6-17(20(14)26)24(27,28)29/h4-8,10,12H,3,9,11H2,1-2H3. The predicted octanol–water partition coefficient (Wildman–Crippen LogP) is 4.27. The second-order valence-electron chi connectivity index (χ2n) is 7.61. The van der Waals surface area contributed by atoms with Crippen LogP contribution in [0.2, 0.25) is 10.0 Å². The lowest BCUT2D eigenvalue weighted by molar-refractivity contribution is -0.140. The van der Waals surface area contributed by atoms with Crippen LogP contribution in [0.4, 0.5) is 13.2 Å². The Kier molecular flexibility index (Phi) is 8.49. The molecule has 13 heteroatoms. The van der Waals surface area contributed by atoms with Crippen molar-refractivity contribution in [2.24, 2.45) is 0 Å². The monoisotopic (exact) mass is 558 g/mol. The van der Waals surface area contributed by atoms with Gasteiger partial charge in [-0.2, -0.15) is 13.2 Å². The Bertz CT molecular complexity index is 1480. The van der Waals surface area contributed by atoms with Gasteiger partial charge in [0.25, 0.3) is 5.56 Å². The van der Waals surface area contributed by atoms with Crippen molar-refractivity contribution in [3.05, 3.63) is 95.7 Å². The summed E-state index contributed by atoms with van der Waals surface area (Å²) in [4.78, 5) is 50.5. The van der Waals surface area contributed by atoms with E-state index in [1.807, 2.05) is 0 Å². The highest BCUT2D eigenvalue weighted by molar-refractivity contribution is 6.32. The summed E-state index contributed by atoms with van der Waals surface area (Å²) in [7, 11) is 1.21. The molecule has 196 valence electrons. The second kappa shape index (κ2) is 11.2. The maximum atomic E-state index is 13.3. The number of aromatic nitrogens is 2. The Morgan fingerprint density at radius 2 is 1.76 bits per heavy atom. The van der Waals surface area contributed by atoms with E-state index >= 15 is 0 Å². The number of carbonyl (C=O) groups excluding carboxylic acids is 2. The molecule has 0 aliphatic heterocycles. The van der Waals surface area contributed by atoms with E-state index in [4.69, 9.17) is 27.9 Å². The minimum absolute atomic E-state index is 0.0785. The zero-order chi connectivity index (χ0) is 27.5. The predicted molar refractivity (Wildman–Crippen MR) is 129 cm³/mol. The summed E-state index contributed by atoms with van der Waals surface area (Å²) in [6.45, 7) is 0.765. The summed E-state index contributed by atoms with van der Waals surface area (Å²) < 4.78 is 51.0. The number of hydrogen-bond acceptors (Lipinski definition) is 6. The van der Waals surface area contributed by atoms with Gasteiger partial charge in [0.1, 0.15) is 5.56 Å². The minimum Gasteiger partial charge on any atom is -0.469 e. The van der Waals surface area contributed by atoms with E-state index in [1.165, 1.54) is 38.3 Å². The van der Waals surface area contributed by atoms with Gasteiger partial charge < -0.3 is 9.47 Å². The van der Waals surface area contributed by atoms with Gasteiger partial charge in [-0.1, -0.05) is 41.4 Å². The molecule has 1 aromatic heterocycles. The summed E-state index contributed by atoms with van der Waals surface area (Å²) in [6.07, 6.45) is -3.96. The fraction of sp³-hybridized carbons (Fsp3) is 0.250. The van der Waals surface area contributed by atoms with Crippen molar-refractivity contribution in [1.82, 2.24) is 9.13 Å². The molecule has 3 rings (SSSR count). The topological polar surface area (TPSA) is 96.6 Å². The number of ether oxygens (including phenoxy) is 2. The lowest BCUT2D eigenvalue weighted by Gasteiger charge is -2.16. The molecule has 0 radical (unpaired) electrons. The largest absolute Gasteiger partial charge is 0.469 e. The Labute approximate surface area is 217 Å². The van der Waals surface area contributed by atoms with E-state index in [-0.39, 0.29) is 29.3 Å². The lowest BCUT2D eigenvalue weighted by Crippen LogP contribution is -2.42. The van der Waals surface area contributed by atoms with Crippen molar-refractivity contribution in [2.45, 2.75) is 26.1 Å². The van der Waals surface area contributed by atoms with Crippen LogP contribution in [-0.2, 0) is 33.4 Å². The van der Waals surface area contributed by atoms with Gasteiger partial charge in [0.15, 0.2) is 0 Å². The normalized spacial score (nSPS) is 11.3. The highest BCUT2D eigenvalue weighted by atomic mass is 35.5. The van der Waals surface area contributed by atoms with Crippen LogP contribution in [0.5, 0.6) is 0 Å². The van der Waals surface area contributed by atoms with Crippen LogP contribution in [0.15, 0.2) is 52.2 Å². The first kappa shape index (κ1) is 28.0. The number of methoxy groups -OCH3 is 1. The van der Waals surface area contributed by atoms with Crippen LogP contribution in [0.3, 0.4) is 0 Å². The first-order valence-electron chi connectivity index (χ1n) is 10.6. The number of carbonyl (C=O) groups is 2. The van der Waals surface area contributed by atoms with Crippen molar-refractivity contribution in [3.8, 4) is 5.69 Å². The fourth-order valence-electron chi connectivity index (χ4n) is 3.42. The third kappa shape index (κ3) is 6.05. The third-order valence-electron chi connectivity index (χ3n) is 5.26. The van der Waals surface area contributed by atoms with Crippen molar-refractivity contribution < 1.29 is 32.2 Å². The van der Waals surface area contributed by atoms with Gasteiger partial charge in [-0.3, -0.25) is 18.7 Å². The van der Waals surface area contributed by atoms with E-state index in [9.17, 15) is 32.3 Å². The Balaban J connectivity index is 2.21. The van der Waals surface area contributed by atoms with Crippen LogP contribution in [0.25, 0.3) is 5.69 Å². The molecule has 0 aliphatic carbocycles. The van der Waals surface area contributed by atoms with Gasteiger partial charge >= 0.3 is 23.8 Å². The molecule has 37 heavy (non-hydrogen) atoms. The molecular formula is C24H19Cl2F3N2O6. The van der Waals surface area contributed by atoms with Crippen LogP contribution in [0, 0.1) is 0 Å². The quantitative estimate of drug-likeness (QED) is 0.402. The van der Waals surface area contributed by atoms with Crippen molar-refractivity contribution in [2.75, 3.05) is 13.7 Å². The number of alkyl halides is 3. The third-order valence-corrected chi connectivity index (χ3v) is 6.05.